The van der Waals surface area contributed by atoms with Crippen LogP contribution in [0.4, 0.5) is 14.9 Å². The van der Waals surface area contributed by atoms with Gasteiger partial charge in [-0.2, -0.15) is 0 Å². The first-order chi connectivity index (χ1) is 10.6. The molecule has 0 aromatic heterocycles. The number of hydrogen-bond donors (Lipinski definition) is 2. The summed E-state index contributed by atoms with van der Waals surface area (Å²) < 4.78 is 13.1. The molecule has 6 heteroatoms. The van der Waals surface area contributed by atoms with Gasteiger partial charge in [0.15, 0.2) is 0 Å². The number of anilines is 1. The number of nitrogens with one attached hydrogen (secondary N) is 2. The molecule has 1 saturated carbocycles. The lowest BCUT2D eigenvalue weighted by Gasteiger charge is -2.17. The van der Waals surface area contributed by atoms with E-state index in [4.69, 9.17) is 0 Å². The summed E-state index contributed by atoms with van der Waals surface area (Å²) in [5, 5.41) is 5.66. The quantitative estimate of drug-likeness (QED) is 0.897. The number of rotatable bonds is 4. The van der Waals surface area contributed by atoms with Gasteiger partial charge >= 0.3 is 6.03 Å². The molecule has 1 heterocycles. The summed E-state index contributed by atoms with van der Waals surface area (Å²) in [5.74, 6) is -0.0919. The normalized spacial score (nSPS) is 20.8. The van der Waals surface area contributed by atoms with Crippen molar-refractivity contribution in [1.29, 1.82) is 0 Å². The zero-order valence-electron chi connectivity index (χ0n) is 12.3. The molecule has 3 rings (SSSR count). The third kappa shape index (κ3) is 3.96. The number of halogens is 1. The van der Waals surface area contributed by atoms with Gasteiger partial charge in [-0.1, -0.05) is 6.07 Å². The Morgan fingerprint density at radius 2 is 2.09 bits per heavy atom. The van der Waals surface area contributed by atoms with E-state index in [1.807, 2.05) is 0 Å². The Morgan fingerprint density at radius 1 is 1.27 bits per heavy atom. The Morgan fingerprint density at radius 3 is 2.82 bits per heavy atom. The number of likely N-dealkylation sites (tertiary alicyclic amines) is 1. The fraction of sp³-hybridized carbons (Fsp3) is 0.500. The predicted molar refractivity (Wildman–Crippen MR) is 80.9 cm³/mol. The number of carbonyl (C=O) groups is 2. The van der Waals surface area contributed by atoms with Crippen molar-refractivity contribution in [1.82, 2.24) is 10.2 Å². The van der Waals surface area contributed by atoms with Crippen LogP contribution < -0.4 is 10.6 Å². The number of urea groups is 1. The molecule has 1 aliphatic carbocycles. The number of amides is 3. The molecular weight excluding hydrogens is 285 g/mol. The van der Waals surface area contributed by atoms with E-state index in [2.05, 4.69) is 10.6 Å². The largest absolute Gasteiger partial charge is 0.353 e. The Hall–Kier alpha value is -2.11. The first kappa shape index (κ1) is 14.8. The smallest absolute Gasteiger partial charge is 0.321 e. The number of nitrogens with zero attached hydrogens (tertiary/aromatic N) is 1. The second kappa shape index (κ2) is 6.34. The summed E-state index contributed by atoms with van der Waals surface area (Å²) in [6, 6.07) is 5.96. The fourth-order valence-corrected chi connectivity index (χ4v) is 2.73. The SMILES string of the molecule is O=C(CC1CCN(C(=O)Nc2cccc(F)c2)C1)NC1CC1. The van der Waals surface area contributed by atoms with Gasteiger partial charge in [0.1, 0.15) is 5.82 Å². The van der Waals surface area contributed by atoms with E-state index in [-0.39, 0.29) is 23.7 Å². The van der Waals surface area contributed by atoms with Crippen molar-refractivity contribution in [2.45, 2.75) is 31.7 Å². The monoisotopic (exact) mass is 305 g/mol. The van der Waals surface area contributed by atoms with E-state index in [1.165, 1.54) is 12.1 Å². The highest BCUT2D eigenvalue weighted by molar-refractivity contribution is 5.89. The molecule has 2 aliphatic rings. The second-order valence-electron chi connectivity index (χ2n) is 6.09. The van der Waals surface area contributed by atoms with Crippen LogP contribution in [0.15, 0.2) is 24.3 Å². The van der Waals surface area contributed by atoms with Crippen LogP contribution in [-0.4, -0.2) is 36.0 Å². The van der Waals surface area contributed by atoms with Gasteiger partial charge in [-0.15, -0.1) is 0 Å². The molecule has 3 amide bonds. The Balaban J connectivity index is 1.46. The van der Waals surface area contributed by atoms with E-state index in [1.54, 1.807) is 17.0 Å². The highest BCUT2D eigenvalue weighted by Gasteiger charge is 2.30. The van der Waals surface area contributed by atoms with Gasteiger partial charge in [0, 0.05) is 31.2 Å². The van der Waals surface area contributed by atoms with Crippen molar-refractivity contribution < 1.29 is 14.0 Å². The summed E-state index contributed by atoms with van der Waals surface area (Å²) in [4.78, 5) is 25.6. The second-order valence-corrected chi connectivity index (χ2v) is 6.09. The van der Waals surface area contributed by atoms with Crippen molar-refractivity contribution in [2.75, 3.05) is 18.4 Å². The predicted octanol–water partition coefficient (Wildman–Crippen LogP) is 2.35. The molecule has 1 aliphatic heterocycles. The van der Waals surface area contributed by atoms with Crippen LogP contribution in [0.5, 0.6) is 0 Å². The molecule has 0 radical (unpaired) electrons. The number of carbonyl (C=O) groups excluding carboxylic acids is 2. The third-order valence-corrected chi connectivity index (χ3v) is 4.07. The summed E-state index contributed by atoms with van der Waals surface area (Å²) in [6.45, 7) is 1.20. The van der Waals surface area contributed by atoms with E-state index in [0.717, 1.165) is 19.3 Å². The molecule has 1 aromatic carbocycles. The summed E-state index contributed by atoms with van der Waals surface area (Å²) in [5.41, 5.74) is 0.444. The van der Waals surface area contributed by atoms with E-state index < -0.39 is 0 Å². The zero-order chi connectivity index (χ0) is 15.5. The summed E-state index contributed by atoms with van der Waals surface area (Å²) >= 11 is 0. The molecule has 0 bridgehead atoms. The molecule has 0 spiro atoms. The van der Waals surface area contributed by atoms with Crippen LogP contribution in [0.25, 0.3) is 0 Å². The first-order valence-corrected chi connectivity index (χ1v) is 7.71. The molecular formula is C16H20FN3O2. The highest BCUT2D eigenvalue weighted by atomic mass is 19.1. The standard InChI is InChI=1S/C16H20FN3O2/c17-12-2-1-3-14(9-12)19-16(22)20-7-6-11(10-20)8-15(21)18-13-4-5-13/h1-3,9,11,13H,4-8,10H2,(H,18,21)(H,19,22). The van der Waals surface area contributed by atoms with Crippen LogP contribution in [0.1, 0.15) is 25.7 Å². The van der Waals surface area contributed by atoms with Crippen molar-refractivity contribution in [2.24, 2.45) is 5.92 Å². The minimum atomic E-state index is -0.381. The molecule has 22 heavy (non-hydrogen) atoms. The van der Waals surface area contributed by atoms with E-state index in [9.17, 15) is 14.0 Å². The van der Waals surface area contributed by atoms with Crippen molar-refractivity contribution >= 4 is 17.6 Å². The van der Waals surface area contributed by atoms with Crippen LogP contribution in [0.2, 0.25) is 0 Å². The van der Waals surface area contributed by atoms with Gasteiger partial charge in [-0.25, -0.2) is 9.18 Å². The minimum Gasteiger partial charge on any atom is -0.353 e. The Bertz CT molecular complexity index is 574. The maximum absolute atomic E-state index is 13.1. The van der Waals surface area contributed by atoms with Crippen molar-refractivity contribution in [3.05, 3.63) is 30.1 Å². The minimum absolute atomic E-state index is 0.0832. The number of benzene rings is 1. The first-order valence-electron chi connectivity index (χ1n) is 7.71. The molecule has 1 aromatic rings. The maximum atomic E-state index is 13.1. The van der Waals surface area contributed by atoms with Gasteiger partial charge in [-0.05, 0) is 43.4 Å². The van der Waals surface area contributed by atoms with Crippen LogP contribution >= 0.6 is 0 Å². The molecule has 1 saturated heterocycles. The summed E-state index contributed by atoms with van der Waals surface area (Å²) in [7, 11) is 0. The van der Waals surface area contributed by atoms with Crippen molar-refractivity contribution in [3.8, 4) is 0 Å². The number of hydrogen-bond acceptors (Lipinski definition) is 2. The zero-order valence-corrected chi connectivity index (χ0v) is 12.3. The molecule has 5 nitrogen and oxygen atoms in total. The van der Waals surface area contributed by atoms with Gasteiger partial charge in [0.05, 0.1) is 0 Å². The molecule has 2 N–H and O–H groups in total. The lowest BCUT2D eigenvalue weighted by Crippen LogP contribution is -2.34. The average molecular weight is 305 g/mol. The average Bonchev–Trinajstić information content (AvgIpc) is 3.14. The van der Waals surface area contributed by atoms with Gasteiger partial charge < -0.3 is 15.5 Å². The molecule has 1 atom stereocenters. The third-order valence-electron chi connectivity index (χ3n) is 4.07. The Labute approximate surface area is 128 Å². The molecule has 2 fully saturated rings. The lowest BCUT2D eigenvalue weighted by atomic mass is 10.0. The Kier molecular flexibility index (Phi) is 4.27. The summed E-state index contributed by atoms with van der Waals surface area (Å²) in [6.07, 6.45) is 3.46. The highest BCUT2D eigenvalue weighted by Crippen LogP contribution is 2.23. The van der Waals surface area contributed by atoms with Crippen LogP contribution in [0.3, 0.4) is 0 Å². The van der Waals surface area contributed by atoms with Crippen LogP contribution in [0, 0.1) is 11.7 Å². The van der Waals surface area contributed by atoms with Gasteiger partial charge in [0.25, 0.3) is 0 Å². The fourth-order valence-electron chi connectivity index (χ4n) is 2.73. The van der Waals surface area contributed by atoms with Crippen molar-refractivity contribution in [3.63, 3.8) is 0 Å². The lowest BCUT2D eigenvalue weighted by molar-refractivity contribution is -0.122. The topological polar surface area (TPSA) is 61.4 Å². The maximum Gasteiger partial charge on any atom is 0.321 e. The van der Waals surface area contributed by atoms with Crippen LogP contribution in [-0.2, 0) is 4.79 Å². The van der Waals surface area contributed by atoms with Gasteiger partial charge in [-0.3, -0.25) is 4.79 Å². The van der Waals surface area contributed by atoms with Gasteiger partial charge in [0.2, 0.25) is 5.91 Å². The van der Waals surface area contributed by atoms with E-state index in [0.29, 0.717) is 31.2 Å². The molecule has 118 valence electrons. The van der Waals surface area contributed by atoms with E-state index >= 15 is 0 Å². The molecule has 1 unspecified atom stereocenters.